The van der Waals surface area contributed by atoms with Crippen molar-refractivity contribution in [3.05, 3.63) is 113 Å². The molecule has 0 spiro atoms. The molecule has 0 aliphatic heterocycles. The number of ether oxygens (including phenoxy) is 4. The van der Waals surface area contributed by atoms with Gasteiger partial charge in [0.05, 0.1) is 36.2 Å². The van der Waals surface area contributed by atoms with Gasteiger partial charge < -0.3 is 18.9 Å². The summed E-state index contributed by atoms with van der Waals surface area (Å²) in [7, 11) is 0. The zero-order valence-electron chi connectivity index (χ0n) is 41.9. The molecular weight excluding hydrogens is 885 g/mol. The van der Waals surface area contributed by atoms with Crippen LogP contribution in [0.2, 0.25) is 0 Å². The summed E-state index contributed by atoms with van der Waals surface area (Å²) in [5.41, 5.74) is 2.92. The second-order valence-corrected chi connectivity index (χ2v) is 19.8. The smallest absolute Gasteiger partial charge is 0.339 e. The Morgan fingerprint density at radius 3 is 1.75 bits per heavy atom. The van der Waals surface area contributed by atoms with Gasteiger partial charge in [-0.3, -0.25) is 9.59 Å². The third kappa shape index (κ3) is 17.1. The molecule has 3 aliphatic carbocycles. The molecule has 0 aromatic heterocycles. The van der Waals surface area contributed by atoms with E-state index in [0.717, 1.165) is 79.5 Å². The first-order chi connectivity index (χ1) is 34.6. The van der Waals surface area contributed by atoms with Gasteiger partial charge in [-0.1, -0.05) is 107 Å². The molecule has 0 N–H and O–H groups in total. The fraction of sp³-hybridized carbons (Fsp3) is 0.492. The highest BCUT2D eigenvalue weighted by Gasteiger charge is 2.41. The molecule has 0 radical (unpaired) electrons. The number of esters is 4. The minimum Gasteiger partial charge on any atom is -0.465 e. The van der Waals surface area contributed by atoms with Crippen molar-refractivity contribution in [2.45, 2.75) is 154 Å². The van der Waals surface area contributed by atoms with E-state index in [1.165, 1.54) is 57.4 Å². The van der Waals surface area contributed by atoms with Gasteiger partial charge in [-0.05, 0) is 167 Å². The van der Waals surface area contributed by atoms with E-state index in [2.05, 4.69) is 49.0 Å². The van der Waals surface area contributed by atoms with E-state index in [9.17, 15) is 19.2 Å². The van der Waals surface area contributed by atoms with Gasteiger partial charge >= 0.3 is 23.9 Å². The lowest BCUT2D eigenvalue weighted by atomic mass is 9.67. The predicted octanol–water partition coefficient (Wildman–Crippen LogP) is 12.9. The van der Waals surface area contributed by atoms with Crippen LogP contribution in [-0.4, -0.2) is 42.7 Å². The van der Waals surface area contributed by atoms with Gasteiger partial charge in [0.1, 0.15) is 5.75 Å². The molecule has 3 aromatic carbocycles. The molecule has 372 valence electrons. The average Bonchev–Trinajstić information content (AvgIpc) is 3.41. The van der Waals surface area contributed by atoms with Crippen LogP contribution in [0.4, 0.5) is 0 Å². The van der Waals surface area contributed by atoms with Crippen molar-refractivity contribution in [2.24, 2.45) is 29.6 Å². The summed E-state index contributed by atoms with van der Waals surface area (Å²) >= 11 is 0. The molecule has 3 fully saturated rings. The molecule has 0 unspecified atom stereocenters. The van der Waals surface area contributed by atoms with Gasteiger partial charge in [0.2, 0.25) is 0 Å². The molecule has 0 amide bonds. The van der Waals surface area contributed by atoms with Crippen molar-refractivity contribution >= 4 is 23.9 Å². The van der Waals surface area contributed by atoms with E-state index in [-0.39, 0.29) is 34.7 Å². The zero-order chi connectivity index (χ0) is 50.3. The van der Waals surface area contributed by atoms with Crippen LogP contribution < -0.4 is 4.74 Å². The van der Waals surface area contributed by atoms with Crippen LogP contribution in [0.25, 0.3) is 0 Å². The second-order valence-electron chi connectivity index (χ2n) is 19.8. The van der Waals surface area contributed by atoms with Crippen molar-refractivity contribution in [2.75, 3.05) is 13.2 Å². The molecule has 3 aliphatic rings. The number of hydrogen-bond acceptors (Lipinski definition) is 8. The number of rotatable bonds is 20. The first-order valence-corrected chi connectivity index (χ1v) is 26.3. The van der Waals surface area contributed by atoms with Crippen molar-refractivity contribution < 1.29 is 38.1 Å². The molecule has 0 atom stereocenters. The Bertz CT molecular complexity index is 2450. The van der Waals surface area contributed by atoms with Crippen LogP contribution in [-0.2, 0) is 28.6 Å². The summed E-state index contributed by atoms with van der Waals surface area (Å²) in [5, 5.41) is 0. The highest BCUT2D eigenvalue weighted by Crippen LogP contribution is 2.45. The topological polar surface area (TPSA) is 105 Å². The standard InChI is InChI=1S/C63H72O8/c1-5-9-14-17-48-28-30-53(31-29-48)54-39-42-63(43-40-54,41-38-51-26-24-50(25-27-51)23-22-49-20-18-47(6-2)19-21-49)71-62(67)57-36-37-58(52(7-3)46-57)70-61(66)56-34-32-55(33-35-56)60(65)69-45-16-13-11-10-12-15-44-68-59(64)8-4/h2-3,8,18-21,24-27,36-37,46,48,53-56H,4-5,9-17,28-35,39-40,42-45H2,1H3. The summed E-state index contributed by atoms with van der Waals surface area (Å²) in [6, 6.07) is 20.1. The van der Waals surface area contributed by atoms with Crippen molar-refractivity contribution in [3.8, 4) is 54.1 Å². The first kappa shape index (κ1) is 53.9. The zero-order valence-corrected chi connectivity index (χ0v) is 41.9. The fourth-order valence-electron chi connectivity index (χ4n) is 10.4. The first-order valence-electron chi connectivity index (χ1n) is 26.3. The Hall–Kier alpha value is -6.48. The fourth-order valence-corrected chi connectivity index (χ4v) is 10.4. The third-order valence-electron chi connectivity index (χ3n) is 14.8. The quantitative estimate of drug-likeness (QED) is 0.0275. The lowest BCUT2D eigenvalue weighted by Gasteiger charge is -2.41. The van der Waals surface area contributed by atoms with Gasteiger partial charge in [0, 0.05) is 28.3 Å². The monoisotopic (exact) mass is 957 g/mol. The van der Waals surface area contributed by atoms with Crippen molar-refractivity contribution in [1.82, 2.24) is 0 Å². The minimum absolute atomic E-state index is 0.205. The van der Waals surface area contributed by atoms with Gasteiger partial charge in [0.25, 0.3) is 0 Å². The Kier molecular flexibility index (Phi) is 21.5. The number of carbonyl (C=O) groups is 4. The molecular formula is C63H72O8. The average molecular weight is 957 g/mol. The Morgan fingerprint density at radius 1 is 0.620 bits per heavy atom. The number of benzene rings is 3. The van der Waals surface area contributed by atoms with Gasteiger partial charge in [-0.25, -0.2) is 9.59 Å². The summed E-state index contributed by atoms with van der Waals surface area (Å²) in [6.45, 7) is 6.44. The molecule has 3 saturated carbocycles. The Balaban J connectivity index is 1.02. The van der Waals surface area contributed by atoms with Crippen LogP contribution in [0, 0.1) is 78.0 Å². The molecule has 0 bridgehead atoms. The van der Waals surface area contributed by atoms with Crippen LogP contribution >= 0.6 is 0 Å². The van der Waals surface area contributed by atoms with E-state index in [4.69, 9.17) is 31.8 Å². The van der Waals surface area contributed by atoms with E-state index >= 15 is 0 Å². The normalized spacial score (nSPS) is 21.5. The molecule has 6 rings (SSSR count). The largest absolute Gasteiger partial charge is 0.465 e. The van der Waals surface area contributed by atoms with Crippen LogP contribution in [0.15, 0.2) is 79.4 Å². The lowest BCUT2D eigenvalue weighted by molar-refractivity contribution is -0.152. The third-order valence-corrected chi connectivity index (χ3v) is 14.8. The summed E-state index contributed by atoms with van der Waals surface area (Å²) in [5.74, 6) is 18.6. The van der Waals surface area contributed by atoms with Crippen LogP contribution in [0.5, 0.6) is 5.75 Å². The lowest BCUT2D eigenvalue weighted by Crippen LogP contribution is -2.40. The number of unbranched alkanes of at least 4 members (excludes halogenated alkanes) is 7. The summed E-state index contributed by atoms with van der Waals surface area (Å²) in [6.07, 6.45) is 33.9. The number of carbonyl (C=O) groups excluding carboxylic acids is 4. The summed E-state index contributed by atoms with van der Waals surface area (Å²) in [4.78, 5) is 51.4. The summed E-state index contributed by atoms with van der Waals surface area (Å²) < 4.78 is 22.9. The maximum atomic E-state index is 14.1. The van der Waals surface area contributed by atoms with E-state index in [1.54, 1.807) is 18.2 Å². The minimum atomic E-state index is -0.979. The van der Waals surface area contributed by atoms with E-state index in [0.29, 0.717) is 63.6 Å². The maximum Gasteiger partial charge on any atom is 0.339 e. The Morgan fingerprint density at radius 2 is 1.17 bits per heavy atom. The molecule has 8 nitrogen and oxygen atoms in total. The van der Waals surface area contributed by atoms with Crippen LogP contribution in [0.3, 0.4) is 0 Å². The number of hydrogen-bond donors (Lipinski definition) is 0. The van der Waals surface area contributed by atoms with E-state index in [1.807, 2.05) is 48.5 Å². The number of terminal acetylenes is 2. The highest BCUT2D eigenvalue weighted by molar-refractivity contribution is 5.91. The van der Waals surface area contributed by atoms with Gasteiger partial charge in [-0.2, -0.15) is 0 Å². The second kappa shape index (κ2) is 28.4. The van der Waals surface area contributed by atoms with E-state index < -0.39 is 23.5 Å². The SMILES string of the molecule is C#Cc1ccc(C#Cc2ccc(C#CC3(OC(=O)c4ccc(OC(=O)C5CCC(C(=O)OCCCCCCCCOC(=O)C=C)CC5)c(C#C)c4)CCC(C4CCC(CCCCC)CC4)CC3)cc2)cc1. The maximum absolute atomic E-state index is 14.1. The van der Waals surface area contributed by atoms with Crippen molar-refractivity contribution in [1.29, 1.82) is 0 Å². The van der Waals surface area contributed by atoms with Crippen LogP contribution in [0.1, 0.15) is 186 Å². The van der Waals surface area contributed by atoms with Gasteiger partial charge in [-0.15, -0.1) is 12.8 Å². The molecule has 71 heavy (non-hydrogen) atoms. The predicted molar refractivity (Wildman–Crippen MR) is 279 cm³/mol. The molecule has 3 aromatic rings. The van der Waals surface area contributed by atoms with Gasteiger partial charge in [0.15, 0.2) is 5.60 Å². The highest BCUT2D eigenvalue weighted by atomic mass is 16.6. The molecule has 0 heterocycles. The van der Waals surface area contributed by atoms with Crippen molar-refractivity contribution in [3.63, 3.8) is 0 Å². The molecule has 8 heteroatoms. The Labute approximate surface area is 423 Å². The molecule has 0 saturated heterocycles.